The summed E-state index contributed by atoms with van der Waals surface area (Å²) in [6.07, 6.45) is -4.39. The minimum absolute atomic E-state index is 0.179. The van der Waals surface area contributed by atoms with E-state index < -0.39 is 17.8 Å². The number of amides is 2. The van der Waals surface area contributed by atoms with Crippen LogP contribution in [-0.2, 0) is 6.18 Å². The van der Waals surface area contributed by atoms with E-state index in [0.29, 0.717) is 4.90 Å². The van der Waals surface area contributed by atoms with Crippen molar-refractivity contribution in [2.45, 2.75) is 11.1 Å². The molecule has 2 N–H and O–H groups in total. The molecule has 1 aromatic carbocycles. The van der Waals surface area contributed by atoms with Crippen LogP contribution in [0.5, 0.6) is 0 Å². The monoisotopic (exact) mass is 234 g/mol. The third-order valence-corrected chi connectivity index (χ3v) is 2.67. The number of rotatable bonds is 0. The number of fused-ring (bicyclic) bond motifs is 1. The highest BCUT2D eigenvalue weighted by molar-refractivity contribution is 7.98. The molecule has 80 valence electrons. The van der Waals surface area contributed by atoms with Crippen molar-refractivity contribution in [1.82, 2.24) is 4.72 Å². The number of urea groups is 1. The predicted octanol–water partition coefficient (Wildman–Crippen LogP) is 2.85. The van der Waals surface area contributed by atoms with Crippen LogP contribution in [0.3, 0.4) is 0 Å². The molecule has 3 nitrogen and oxygen atoms in total. The van der Waals surface area contributed by atoms with Crippen molar-refractivity contribution in [3.63, 3.8) is 0 Å². The Bertz CT molecular complexity index is 419. The number of carbonyl (C=O) groups excluding carboxylic acids is 1. The number of carbonyl (C=O) groups is 1. The lowest BCUT2D eigenvalue weighted by Crippen LogP contribution is -2.27. The van der Waals surface area contributed by atoms with Gasteiger partial charge in [-0.15, -0.1) is 0 Å². The number of benzene rings is 1. The third-order valence-electron chi connectivity index (χ3n) is 1.81. The second-order valence-corrected chi connectivity index (χ2v) is 3.72. The maximum absolute atomic E-state index is 12.3. The Morgan fingerprint density at radius 2 is 2.00 bits per heavy atom. The van der Waals surface area contributed by atoms with Gasteiger partial charge in [-0.3, -0.25) is 4.72 Å². The first-order chi connectivity index (χ1) is 6.97. The molecule has 0 aliphatic carbocycles. The first kappa shape index (κ1) is 10.2. The highest BCUT2D eigenvalue weighted by atomic mass is 32.2. The molecule has 1 heterocycles. The van der Waals surface area contributed by atoms with Gasteiger partial charge < -0.3 is 5.32 Å². The topological polar surface area (TPSA) is 41.1 Å². The summed E-state index contributed by atoms with van der Waals surface area (Å²) in [5.41, 5.74) is -0.595. The van der Waals surface area contributed by atoms with Gasteiger partial charge in [0, 0.05) is 0 Å². The number of anilines is 1. The van der Waals surface area contributed by atoms with Crippen molar-refractivity contribution < 1.29 is 18.0 Å². The van der Waals surface area contributed by atoms with Gasteiger partial charge in [-0.1, -0.05) is 0 Å². The van der Waals surface area contributed by atoms with Gasteiger partial charge >= 0.3 is 12.2 Å². The fraction of sp³-hybridized carbons (Fsp3) is 0.125. The maximum Gasteiger partial charge on any atom is 0.416 e. The second-order valence-electron chi connectivity index (χ2n) is 2.87. The molecule has 1 aliphatic rings. The highest BCUT2D eigenvalue weighted by Gasteiger charge is 2.31. The van der Waals surface area contributed by atoms with Gasteiger partial charge in [0.25, 0.3) is 0 Å². The summed E-state index contributed by atoms with van der Waals surface area (Å²) < 4.78 is 39.3. The van der Waals surface area contributed by atoms with Crippen molar-refractivity contribution in [3.05, 3.63) is 23.8 Å². The Morgan fingerprint density at radius 1 is 1.27 bits per heavy atom. The first-order valence-electron chi connectivity index (χ1n) is 3.92. The maximum atomic E-state index is 12.3. The van der Waals surface area contributed by atoms with Crippen LogP contribution in [0.25, 0.3) is 0 Å². The molecule has 2 amide bonds. The van der Waals surface area contributed by atoms with Crippen LogP contribution in [0.1, 0.15) is 5.56 Å². The van der Waals surface area contributed by atoms with Gasteiger partial charge in [0.15, 0.2) is 0 Å². The number of nitrogens with one attached hydrogen (secondary N) is 2. The summed E-state index contributed by atoms with van der Waals surface area (Å²) >= 11 is 0.987. The lowest BCUT2D eigenvalue weighted by Gasteiger charge is -2.18. The van der Waals surface area contributed by atoms with Crippen LogP contribution in [-0.4, -0.2) is 6.03 Å². The Balaban J connectivity index is 2.41. The molecule has 0 aromatic heterocycles. The van der Waals surface area contributed by atoms with E-state index in [-0.39, 0.29) is 5.69 Å². The molecule has 15 heavy (non-hydrogen) atoms. The van der Waals surface area contributed by atoms with E-state index in [0.717, 1.165) is 24.1 Å². The molecule has 0 bridgehead atoms. The van der Waals surface area contributed by atoms with Crippen LogP contribution in [0.4, 0.5) is 23.7 Å². The summed E-state index contributed by atoms with van der Waals surface area (Å²) in [5.74, 6) is 0. The minimum Gasteiger partial charge on any atom is -0.306 e. The van der Waals surface area contributed by atoms with E-state index in [4.69, 9.17) is 0 Å². The SMILES string of the molecule is O=C1NSc2ccc(C(F)(F)F)cc2N1. The molecule has 0 saturated carbocycles. The van der Waals surface area contributed by atoms with Crippen molar-refractivity contribution in [1.29, 1.82) is 0 Å². The van der Waals surface area contributed by atoms with Crippen molar-refractivity contribution in [3.8, 4) is 0 Å². The average molecular weight is 234 g/mol. The van der Waals surface area contributed by atoms with Crippen LogP contribution in [0.15, 0.2) is 23.1 Å². The molecule has 2 rings (SSSR count). The fourth-order valence-electron chi connectivity index (χ4n) is 1.14. The molecule has 0 unspecified atom stereocenters. The molecule has 0 atom stereocenters. The van der Waals surface area contributed by atoms with Gasteiger partial charge in [0.2, 0.25) is 0 Å². The quantitative estimate of drug-likeness (QED) is 0.678. The Morgan fingerprint density at radius 3 is 2.67 bits per heavy atom. The summed E-state index contributed by atoms with van der Waals surface area (Å²) in [6, 6.07) is 2.69. The molecule has 7 heteroatoms. The van der Waals surface area contributed by atoms with Gasteiger partial charge in [-0.2, -0.15) is 13.2 Å². The van der Waals surface area contributed by atoms with Gasteiger partial charge in [-0.25, -0.2) is 4.79 Å². The van der Waals surface area contributed by atoms with E-state index >= 15 is 0 Å². The number of alkyl halides is 3. The van der Waals surface area contributed by atoms with Crippen LogP contribution in [0.2, 0.25) is 0 Å². The fourth-order valence-corrected chi connectivity index (χ4v) is 1.75. The zero-order valence-electron chi connectivity index (χ0n) is 7.18. The summed E-state index contributed by atoms with van der Waals surface area (Å²) in [5, 5.41) is 2.30. The van der Waals surface area contributed by atoms with E-state index in [1.165, 1.54) is 6.07 Å². The van der Waals surface area contributed by atoms with Crippen molar-refractivity contribution in [2.75, 3.05) is 5.32 Å². The smallest absolute Gasteiger partial charge is 0.306 e. The standard InChI is InChI=1S/C8H5F3N2OS/c9-8(10,11)4-1-2-6-5(3-4)12-7(14)13-15-6/h1-3H,(H2,12,13,14). The molecule has 1 aromatic rings. The Kier molecular flexibility index (Phi) is 2.26. The van der Waals surface area contributed by atoms with E-state index in [9.17, 15) is 18.0 Å². The van der Waals surface area contributed by atoms with Crippen molar-refractivity contribution in [2.24, 2.45) is 0 Å². The third kappa shape index (κ3) is 2.01. The molecular weight excluding hydrogens is 229 g/mol. The van der Waals surface area contributed by atoms with E-state index in [2.05, 4.69) is 10.0 Å². The number of hydrogen-bond donors (Lipinski definition) is 2. The number of halogens is 3. The second kappa shape index (κ2) is 3.34. The van der Waals surface area contributed by atoms with Gasteiger partial charge in [0.1, 0.15) is 0 Å². The first-order valence-corrected chi connectivity index (χ1v) is 4.73. The lowest BCUT2D eigenvalue weighted by molar-refractivity contribution is -0.137. The zero-order chi connectivity index (χ0) is 11.1. The normalized spacial score (nSPS) is 15.3. The predicted molar refractivity (Wildman–Crippen MR) is 49.5 cm³/mol. The molecular formula is C8H5F3N2OS. The summed E-state index contributed by atoms with van der Waals surface area (Å²) in [7, 11) is 0. The van der Waals surface area contributed by atoms with Crippen LogP contribution in [0, 0.1) is 0 Å². The van der Waals surface area contributed by atoms with Crippen molar-refractivity contribution >= 4 is 23.7 Å². The zero-order valence-corrected chi connectivity index (χ0v) is 8.00. The lowest BCUT2D eigenvalue weighted by atomic mass is 10.2. The molecule has 0 fully saturated rings. The molecule has 1 aliphatic heterocycles. The van der Waals surface area contributed by atoms with Gasteiger partial charge in [-0.05, 0) is 30.1 Å². The number of hydrogen-bond acceptors (Lipinski definition) is 2. The largest absolute Gasteiger partial charge is 0.416 e. The molecule has 0 spiro atoms. The van der Waals surface area contributed by atoms with Crippen LogP contribution >= 0.6 is 11.9 Å². The Labute approximate surface area is 87.2 Å². The molecule has 0 radical (unpaired) electrons. The summed E-state index contributed by atoms with van der Waals surface area (Å²) in [4.78, 5) is 11.4. The highest BCUT2D eigenvalue weighted by Crippen LogP contribution is 2.36. The Hall–Kier alpha value is -1.37. The molecule has 0 saturated heterocycles. The summed E-state index contributed by atoms with van der Waals surface area (Å²) in [6.45, 7) is 0. The van der Waals surface area contributed by atoms with E-state index in [1.807, 2.05) is 0 Å². The van der Waals surface area contributed by atoms with E-state index in [1.54, 1.807) is 0 Å². The minimum atomic E-state index is -4.39. The average Bonchev–Trinajstić information content (AvgIpc) is 2.15. The van der Waals surface area contributed by atoms with Gasteiger partial charge in [0.05, 0.1) is 16.1 Å². The van der Waals surface area contributed by atoms with Crippen LogP contribution < -0.4 is 10.0 Å².